The normalized spacial score (nSPS) is 15.6. The molecule has 0 saturated carbocycles. The molecule has 2 atom stereocenters. The second-order valence-electron chi connectivity index (χ2n) is 2.97. The summed E-state index contributed by atoms with van der Waals surface area (Å²) in [5.41, 5.74) is 0. The summed E-state index contributed by atoms with van der Waals surface area (Å²) in [6.45, 7) is 8.91. The van der Waals surface area contributed by atoms with Crippen molar-refractivity contribution < 1.29 is 4.74 Å². The zero-order valence-corrected chi connectivity index (χ0v) is 8.47. The van der Waals surface area contributed by atoms with Crippen LogP contribution in [0.1, 0.15) is 26.7 Å². The Morgan fingerprint density at radius 3 is 2.67 bits per heavy atom. The van der Waals surface area contributed by atoms with E-state index in [0.29, 0.717) is 6.04 Å². The first kappa shape index (κ1) is 11.7. The first-order valence-electron chi connectivity index (χ1n) is 4.63. The first-order valence-corrected chi connectivity index (χ1v) is 4.63. The molecule has 0 spiro atoms. The van der Waals surface area contributed by atoms with Crippen molar-refractivity contribution >= 4 is 0 Å². The Labute approximate surface area is 76.0 Å². The minimum Gasteiger partial charge on any atom is -0.380 e. The van der Waals surface area contributed by atoms with Gasteiger partial charge >= 0.3 is 0 Å². The van der Waals surface area contributed by atoms with Gasteiger partial charge < -0.3 is 10.1 Å². The molecule has 0 aromatic heterocycles. The summed E-state index contributed by atoms with van der Waals surface area (Å²) in [7, 11) is 1.75. The standard InChI is InChI=1S/C10H21NO/c1-5-7-8-10(11-6-2)9(3)12-4/h5,9-11H,1,6-8H2,2-4H3. The Bertz CT molecular complexity index is 114. The lowest BCUT2D eigenvalue weighted by molar-refractivity contribution is 0.0810. The Kier molecular flexibility index (Phi) is 7.11. The fourth-order valence-electron chi connectivity index (χ4n) is 1.23. The molecule has 0 heterocycles. The third-order valence-corrected chi connectivity index (χ3v) is 2.09. The van der Waals surface area contributed by atoms with Crippen molar-refractivity contribution in [2.24, 2.45) is 0 Å². The molecular formula is C10H21NO. The smallest absolute Gasteiger partial charge is 0.0696 e. The zero-order valence-electron chi connectivity index (χ0n) is 8.47. The van der Waals surface area contributed by atoms with Crippen LogP contribution in [0.3, 0.4) is 0 Å². The summed E-state index contributed by atoms with van der Waals surface area (Å²) >= 11 is 0. The van der Waals surface area contributed by atoms with E-state index in [-0.39, 0.29) is 6.10 Å². The zero-order chi connectivity index (χ0) is 9.40. The minimum atomic E-state index is 0.282. The molecule has 0 aromatic rings. The van der Waals surface area contributed by atoms with Crippen LogP contribution in [0.25, 0.3) is 0 Å². The van der Waals surface area contributed by atoms with E-state index in [0.717, 1.165) is 19.4 Å². The molecule has 2 heteroatoms. The molecule has 0 amide bonds. The maximum atomic E-state index is 5.27. The minimum absolute atomic E-state index is 0.282. The van der Waals surface area contributed by atoms with Gasteiger partial charge in [-0.15, -0.1) is 6.58 Å². The molecule has 1 N–H and O–H groups in total. The molecule has 0 bridgehead atoms. The molecule has 0 aromatic carbocycles. The third-order valence-electron chi connectivity index (χ3n) is 2.09. The second kappa shape index (κ2) is 7.32. The quantitative estimate of drug-likeness (QED) is 0.591. The Morgan fingerprint density at radius 2 is 2.25 bits per heavy atom. The summed E-state index contributed by atoms with van der Waals surface area (Å²) in [6, 6.07) is 0.456. The Morgan fingerprint density at radius 1 is 1.58 bits per heavy atom. The molecule has 0 aliphatic rings. The molecular weight excluding hydrogens is 150 g/mol. The van der Waals surface area contributed by atoms with Gasteiger partial charge in [-0.05, 0) is 26.3 Å². The van der Waals surface area contributed by atoms with Crippen LogP contribution < -0.4 is 5.32 Å². The van der Waals surface area contributed by atoms with Crippen LogP contribution in [-0.2, 0) is 4.74 Å². The van der Waals surface area contributed by atoms with Crippen molar-refractivity contribution in [1.29, 1.82) is 0 Å². The third kappa shape index (κ3) is 4.52. The molecule has 2 nitrogen and oxygen atoms in total. The average Bonchev–Trinajstić information content (AvgIpc) is 2.11. The second-order valence-corrected chi connectivity index (χ2v) is 2.97. The number of hydrogen-bond donors (Lipinski definition) is 1. The number of hydrogen-bond acceptors (Lipinski definition) is 2. The number of ether oxygens (including phenoxy) is 1. The maximum Gasteiger partial charge on any atom is 0.0696 e. The van der Waals surface area contributed by atoms with E-state index < -0.39 is 0 Å². The van der Waals surface area contributed by atoms with Crippen molar-refractivity contribution in [3.8, 4) is 0 Å². The molecule has 2 unspecified atom stereocenters. The van der Waals surface area contributed by atoms with E-state index in [9.17, 15) is 0 Å². The van der Waals surface area contributed by atoms with E-state index in [4.69, 9.17) is 4.74 Å². The van der Waals surface area contributed by atoms with Gasteiger partial charge in [0.05, 0.1) is 6.10 Å². The summed E-state index contributed by atoms with van der Waals surface area (Å²) in [5.74, 6) is 0. The lowest BCUT2D eigenvalue weighted by Gasteiger charge is -2.22. The van der Waals surface area contributed by atoms with Gasteiger partial charge in [0.1, 0.15) is 0 Å². The van der Waals surface area contributed by atoms with Crippen molar-refractivity contribution in [2.45, 2.75) is 38.8 Å². The van der Waals surface area contributed by atoms with E-state index >= 15 is 0 Å². The highest BCUT2D eigenvalue weighted by Crippen LogP contribution is 2.05. The van der Waals surface area contributed by atoms with Crippen LogP contribution in [0.5, 0.6) is 0 Å². The predicted octanol–water partition coefficient (Wildman–Crippen LogP) is 1.97. The van der Waals surface area contributed by atoms with Crippen LogP contribution in [-0.4, -0.2) is 25.8 Å². The van der Waals surface area contributed by atoms with E-state index in [1.54, 1.807) is 7.11 Å². The molecule has 72 valence electrons. The number of nitrogens with one attached hydrogen (secondary N) is 1. The van der Waals surface area contributed by atoms with Crippen LogP contribution in [0, 0.1) is 0 Å². The molecule has 0 aliphatic carbocycles. The summed E-state index contributed by atoms with van der Waals surface area (Å²) in [6.07, 6.45) is 4.38. The number of allylic oxidation sites excluding steroid dienone is 1. The molecule has 0 aliphatic heterocycles. The Hall–Kier alpha value is -0.340. The SMILES string of the molecule is C=CCCC(NCC)C(C)OC. The van der Waals surface area contributed by atoms with Crippen molar-refractivity contribution in [2.75, 3.05) is 13.7 Å². The van der Waals surface area contributed by atoms with Gasteiger partial charge in [0, 0.05) is 13.2 Å². The lowest BCUT2D eigenvalue weighted by atomic mass is 10.1. The van der Waals surface area contributed by atoms with Crippen LogP contribution >= 0.6 is 0 Å². The molecule has 0 rings (SSSR count). The average molecular weight is 171 g/mol. The molecule has 12 heavy (non-hydrogen) atoms. The summed E-state index contributed by atoms with van der Waals surface area (Å²) < 4.78 is 5.27. The molecule has 0 fully saturated rings. The fraction of sp³-hybridized carbons (Fsp3) is 0.800. The van der Waals surface area contributed by atoms with Gasteiger partial charge in [-0.2, -0.15) is 0 Å². The van der Waals surface area contributed by atoms with Gasteiger partial charge in [0.15, 0.2) is 0 Å². The van der Waals surface area contributed by atoms with Crippen molar-refractivity contribution in [3.05, 3.63) is 12.7 Å². The topological polar surface area (TPSA) is 21.3 Å². The van der Waals surface area contributed by atoms with Crippen LogP contribution in [0.2, 0.25) is 0 Å². The molecule has 0 saturated heterocycles. The van der Waals surface area contributed by atoms with E-state index in [2.05, 4.69) is 25.7 Å². The van der Waals surface area contributed by atoms with Gasteiger partial charge in [-0.1, -0.05) is 13.0 Å². The fourth-order valence-corrected chi connectivity index (χ4v) is 1.23. The lowest BCUT2D eigenvalue weighted by Crippen LogP contribution is -2.39. The van der Waals surface area contributed by atoms with E-state index in [1.807, 2.05) is 6.08 Å². The predicted molar refractivity (Wildman–Crippen MR) is 53.4 cm³/mol. The van der Waals surface area contributed by atoms with Crippen molar-refractivity contribution in [3.63, 3.8) is 0 Å². The van der Waals surface area contributed by atoms with Crippen molar-refractivity contribution in [1.82, 2.24) is 5.32 Å². The van der Waals surface area contributed by atoms with Gasteiger partial charge in [0.25, 0.3) is 0 Å². The highest BCUT2D eigenvalue weighted by molar-refractivity contribution is 4.77. The van der Waals surface area contributed by atoms with Crippen LogP contribution in [0.15, 0.2) is 12.7 Å². The summed E-state index contributed by atoms with van der Waals surface area (Å²) in [4.78, 5) is 0. The maximum absolute atomic E-state index is 5.27. The van der Waals surface area contributed by atoms with Gasteiger partial charge in [-0.25, -0.2) is 0 Å². The van der Waals surface area contributed by atoms with Gasteiger partial charge in [-0.3, -0.25) is 0 Å². The number of rotatable bonds is 7. The van der Waals surface area contributed by atoms with Gasteiger partial charge in [0.2, 0.25) is 0 Å². The first-order chi connectivity index (χ1) is 5.76. The highest BCUT2D eigenvalue weighted by atomic mass is 16.5. The van der Waals surface area contributed by atoms with Crippen LogP contribution in [0.4, 0.5) is 0 Å². The van der Waals surface area contributed by atoms with E-state index in [1.165, 1.54) is 0 Å². The number of methoxy groups -OCH3 is 1. The monoisotopic (exact) mass is 171 g/mol. The highest BCUT2D eigenvalue weighted by Gasteiger charge is 2.13. The summed E-state index contributed by atoms with van der Waals surface area (Å²) in [5, 5.41) is 3.40. The molecule has 0 radical (unpaired) electrons. The number of likely N-dealkylation sites (N-methyl/N-ethyl adjacent to an activating group) is 1. The largest absolute Gasteiger partial charge is 0.380 e. The Balaban J connectivity index is 3.75.